The number of carbonyl (C=O) groups is 1. The molecule has 0 bridgehead atoms. The van der Waals surface area contributed by atoms with Gasteiger partial charge in [-0.05, 0) is 57.5 Å². The molecule has 0 spiro atoms. The van der Waals surface area contributed by atoms with Crippen LogP contribution in [0.2, 0.25) is 0 Å². The summed E-state index contributed by atoms with van der Waals surface area (Å²) in [6, 6.07) is 5.59. The molecule has 2 aromatic rings. The Labute approximate surface area is 131 Å². The summed E-state index contributed by atoms with van der Waals surface area (Å²) in [5, 5.41) is 7.95. The quantitative estimate of drug-likeness (QED) is 0.846. The summed E-state index contributed by atoms with van der Waals surface area (Å²) in [6.07, 6.45) is 4.82. The first-order valence-corrected chi connectivity index (χ1v) is 7.69. The van der Waals surface area contributed by atoms with Crippen LogP contribution < -0.4 is 11.1 Å². The van der Waals surface area contributed by atoms with Crippen molar-refractivity contribution in [2.75, 3.05) is 18.8 Å². The smallest absolute Gasteiger partial charge is 0.216 e. The Morgan fingerprint density at radius 1 is 1.45 bits per heavy atom. The van der Waals surface area contributed by atoms with Gasteiger partial charge in [0.05, 0.1) is 11.6 Å². The van der Waals surface area contributed by atoms with E-state index in [0.717, 1.165) is 38.0 Å². The first kappa shape index (κ1) is 14.7. The van der Waals surface area contributed by atoms with Crippen molar-refractivity contribution >= 4 is 11.6 Å². The predicted molar refractivity (Wildman–Crippen MR) is 86.9 cm³/mol. The number of pyridine rings is 1. The number of hydrogen-bond donors (Lipinski definition) is 2. The minimum absolute atomic E-state index is 0. The van der Waals surface area contributed by atoms with Crippen molar-refractivity contribution in [3.8, 4) is 0 Å². The second kappa shape index (κ2) is 6.27. The van der Waals surface area contributed by atoms with Crippen molar-refractivity contribution in [3.05, 3.63) is 41.3 Å². The Kier molecular flexibility index (Phi) is 4.20. The summed E-state index contributed by atoms with van der Waals surface area (Å²) in [6.45, 7) is 4.03. The number of rotatable bonds is 3. The zero-order chi connectivity index (χ0) is 15.5. The fraction of sp³-hybridized carbons (Fsp3) is 0.438. The van der Waals surface area contributed by atoms with Gasteiger partial charge < -0.3 is 11.1 Å². The topological polar surface area (TPSA) is 85.8 Å². The number of anilines is 1. The molecule has 118 valence electrons. The van der Waals surface area contributed by atoms with Crippen molar-refractivity contribution in [3.63, 3.8) is 0 Å². The Balaban J connectivity index is 0.00000192. The molecule has 0 radical (unpaired) electrons. The molecule has 1 fully saturated rings. The molecule has 6 nitrogen and oxygen atoms in total. The van der Waals surface area contributed by atoms with Gasteiger partial charge in [-0.2, -0.15) is 5.10 Å². The van der Waals surface area contributed by atoms with E-state index in [0.29, 0.717) is 17.3 Å². The molecule has 2 aromatic heterocycles. The van der Waals surface area contributed by atoms with Crippen molar-refractivity contribution < 1.29 is 6.22 Å². The highest BCUT2D eigenvalue weighted by Crippen LogP contribution is 2.23. The number of aryl methyl sites for hydroxylation is 1. The average Bonchev–Trinajstić information content (AvgIpc) is 2.74. The number of ketones is 1. The SMILES string of the molecule is Cc1cc(C(=O)c2cccnc2N)nn1C1CCCNCC1.[HH]. The van der Waals surface area contributed by atoms with Crippen LogP contribution in [-0.4, -0.2) is 33.6 Å². The molecule has 0 aliphatic carbocycles. The van der Waals surface area contributed by atoms with Gasteiger partial charge in [-0.25, -0.2) is 4.98 Å². The summed E-state index contributed by atoms with van der Waals surface area (Å²) in [4.78, 5) is 16.5. The lowest BCUT2D eigenvalue weighted by molar-refractivity contribution is 0.103. The number of hydrogen-bond acceptors (Lipinski definition) is 5. The van der Waals surface area contributed by atoms with E-state index in [-0.39, 0.29) is 13.0 Å². The van der Waals surface area contributed by atoms with Gasteiger partial charge in [-0.15, -0.1) is 0 Å². The van der Waals surface area contributed by atoms with E-state index in [2.05, 4.69) is 15.4 Å². The molecule has 3 heterocycles. The van der Waals surface area contributed by atoms with Crippen LogP contribution in [-0.2, 0) is 0 Å². The highest BCUT2D eigenvalue weighted by molar-refractivity contribution is 6.10. The van der Waals surface area contributed by atoms with E-state index in [4.69, 9.17) is 5.73 Å². The van der Waals surface area contributed by atoms with Crippen molar-refractivity contribution in [1.29, 1.82) is 0 Å². The summed E-state index contributed by atoms with van der Waals surface area (Å²) in [7, 11) is 0. The fourth-order valence-corrected chi connectivity index (χ4v) is 2.96. The molecule has 0 amide bonds. The maximum absolute atomic E-state index is 12.6. The third-order valence-corrected chi connectivity index (χ3v) is 4.13. The molecule has 3 N–H and O–H groups in total. The van der Waals surface area contributed by atoms with Crippen LogP contribution in [0, 0.1) is 6.92 Å². The van der Waals surface area contributed by atoms with E-state index in [1.165, 1.54) is 0 Å². The lowest BCUT2D eigenvalue weighted by Gasteiger charge is -2.16. The number of nitrogens with two attached hydrogens (primary N) is 1. The van der Waals surface area contributed by atoms with Gasteiger partial charge in [0.15, 0.2) is 0 Å². The zero-order valence-electron chi connectivity index (χ0n) is 12.7. The van der Waals surface area contributed by atoms with E-state index in [1.807, 2.05) is 17.7 Å². The Bertz CT molecular complexity index is 677. The average molecular weight is 301 g/mol. The summed E-state index contributed by atoms with van der Waals surface area (Å²) < 4.78 is 1.99. The maximum Gasteiger partial charge on any atom is 0.216 e. The lowest BCUT2D eigenvalue weighted by Crippen LogP contribution is -2.17. The van der Waals surface area contributed by atoms with Crippen molar-refractivity contribution in [1.82, 2.24) is 20.1 Å². The third-order valence-electron chi connectivity index (χ3n) is 4.13. The third kappa shape index (κ3) is 2.87. The minimum atomic E-state index is -0.167. The predicted octanol–water partition coefficient (Wildman–Crippen LogP) is 1.96. The summed E-state index contributed by atoms with van der Waals surface area (Å²) >= 11 is 0. The van der Waals surface area contributed by atoms with Crippen molar-refractivity contribution in [2.24, 2.45) is 0 Å². The molecular formula is C16H23N5O. The van der Waals surface area contributed by atoms with Gasteiger partial charge in [-0.1, -0.05) is 0 Å². The van der Waals surface area contributed by atoms with Gasteiger partial charge in [-0.3, -0.25) is 9.48 Å². The Morgan fingerprint density at radius 2 is 2.32 bits per heavy atom. The molecule has 1 saturated heterocycles. The van der Waals surface area contributed by atoms with Gasteiger partial charge in [0.1, 0.15) is 11.5 Å². The summed E-state index contributed by atoms with van der Waals surface area (Å²) in [5.74, 6) is 0.0811. The van der Waals surface area contributed by atoms with Gasteiger partial charge in [0.2, 0.25) is 5.78 Å². The molecule has 6 heteroatoms. The number of aromatic nitrogens is 3. The Hall–Kier alpha value is -2.21. The van der Waals surface area contributed by atoms with Crippen molar-refractivity contribution in [2.45, 2.75) is 32.2 Å². The van der Waals surface area contributed by atoms with Crippen LogP contribution in [0.5, 0.6) is 0 Å². The fourth-order valence-electron chi connectivity index (χ4n) is 2.96. The minimum Gasteiger partial charge on any atom is -0.383 e. The van der Waals surface area contributed by atoms with Gasteiger partial charge >= 0.3 is 0 Å². The van der Waals surface area contributed by atoms with Crippen LogP contribution in [0.15, 0.2) is 24.4 Å². The Morgan fingerprint density at radius 3 is 3.14 bits per heavy atom. The molecule has 1 unspecified atom stereocenters. The van der Waals surface area contributed by atoms with E-state index < -0.39 is 0 Å². The molecular weight excluding hydrogens is 278 g/mol. The maximum atomic E-state index is 12.6. The lowest BCUT2D eigenvalue weighted by atomic mass is 10.1. The first-order chi connectivity index (χ1) is 10.7. The first-order valence-electron chi connectivity index (χ1n) is 7.69. The van der Waals surface area contributed by atoms with E-state index in [9.17, 15) is 4.79 Å². The van der Waals surface area contributed by atoms with Crippen LogP contribution in [0.1, 0.15) is 48.5 Å². The van der Waals surface area contributed by atoms with E-state index in [1.54, 1.807) is 18.3 Å². The van der Waals surface area contributed by atoms with Crippen LogP contribution in [0.25, 0.3) is 0 Å². The summed E-state index contributed by atoms with van der Waals surface area (Å²) in [5.41, 5.74) is 7.66. The van der Waals surface area contributed by atoms with Crippen LogP contribution in [0.3, 0.4) is 0 Å². The highest BCUT2D eigenvalue weighted by Gasteiger charge is 2.21. The molecule has 1 aliphatic heterocycles. The van der Waals surface area contributed by atoms with Crippen LogP contribution in [0.4, 0.5) is 5.82 Å². The largest absolute Gasteiger partial charge is 0.383 e. The highest BCUT2D eigenvalue weighted by atomic mass is 16.1. The van der Waals surface area contributed by atoms with E-state index >= 15 is 0 Å². The normalized spacial score (nSPS) is 18.9. The zero-order valence-corrected chi connectivity index (χ0v) is 12.7. The van der Waals surface area contributed by atoms with Gasteiger partial charge in [0.25, 0.3) is 0 Å². The standard InChI is InChI=1S/C16H21N5O.H2/c1-11-10-14(15(22)13-5-3-8-19-16(13)17)20-21(11)12-4-2-7-18-9-6-12;/h3,5,8,10,12,18H,2,4,6-7,9H2,1H3,(H2,17,19);1H. The van der Waals surface area contributed by atoms with Gasteiger partial charge in [0, 0.05) is 13.3 Å². The second-order valence-electron chi connectivity index (χ2n) is 5.72. The molecule has 0 aromatic carbocycles. The number of nitrogen functional groups attached to an aromatic ring is 1. The molecule has 1 aliphatic rings. The molecule has 3 rings (SSSR count). The number of carbonyl (C=O) groups excluding carboxylic acids is 1. The molecule has 1 atom stereocenters. The monoisotopic (exact) mass is 301 g/mol. The molecule has 22 heavy (non-hydrogen) atoms. The number of nitrogens with zero attached hydrogens (tertiary/aromatic N) is 3. The number of nitrogens with one attached hydrogen (secondary N) is 1. The second-order valence-corrected chi connectivity index (χ2v) is 5.72. The molecule has 0 saturated carbocycles. The van der Waals surface area contributed by atoms with Crippen LogP contribution >= 0.6 is 0 Å².